The van der Waals surface area contributed by atoms with Crippen molar-refractivity contribution >= 4 is 27.3 Å². The van der Waals surface area contributed by atoms with Crippen molar-refractivity contribution in [2.75, 3.05) is 5.33 Å². The van der Waals surface area contributed by atoms with Crippen LogP contribution in [0.4, 0.5) is 0 Å². The predicted molar refractivity (Wildman–Crippen MR) is 52.3 cm³/mol. The Morgan fingerprint density at radius 2 is 2.27 bits per heavy atom. The van der Waals surface area contributed by atoms with Gasteiger partial charge >= 0.3 is 0 Å². The number of aryl methyl sites for hydroxylation is 2. The summed E-state index contributed by atoms with van der Waals surface area (Å²) >= 11 is 4.88. The topological polar surface area (TPSA) is 12.9 Å². The van der Waals surface area contributed by atoms with Gasteiger partial charge in [-0.3, -0.25) is 0 Å². The third-order valence-electron chi connectivity index (χ3n) is 1.29. The van der Waals surface area contributed by atoms with Gasteiger partial charge in [0.2, 0.25) is 0 Å². The summed E-state index contributed by atoms with van der Waals surface area (Å²) in [6, 6.07) is 0. The molecule has 0 bridgehead atoms. The van der Waals surface area contributed by atoms with E-state index in [1.807, 2.05) is 6.92 Å². The van der Waals surface area contributed by atoms with Crippen molar-refractivity contribution in [2.45, 2.75) is 13.8 Å². The second-order valence-corrected chi connectivity index (χ2v) is 3.86. The van der Waals surface area contributed by atoms with Crippen LogP contribution in [0.15, 0.2) is 0 Å². The highest BCUT2D eigenvalue weighted by molar-refractivity contribution is 9.09. The Morgan fingerprint density at radius 3 is 2.73 bits per heavy atom. The molecule has 0 fully saturated rings. The Bertz CT molecular complexity index is 286. The highest BCUT2D eigenvalue weighted by Gasteiger charge is 1.98. The molecule has 1 nitrogen and oxygen atoms in total. The zero-order valence-electron chi connectivity index (χ0n) is 6.44. The Kier molecular flexibility index (Phi) is 3.10. The molecule has 1 rings (SSSR count). The molecule has 0 aromatic carbocycles. The average Bonchev–Trinajstić information content (AvgIpc) is 2.28. The largest absolute Gasteiger partial charge is 0.233 e. The predicted octanol–water partition coefficient (Wildman–Crippen LogP) is 2.51. The number of rotatable bonds is 0. The minimum absolute atomic E-state index is 0.713. The quantitative estimate of drug-likeness (QED) is 0.493. The van der Waals surface area contributed by atoms with E-state index in [0.717, 1.165) is 10.7 Å². The van der Waals surface area contributed by atoms with E-state index in [2.05, 4.69) is 39.7 Å². The first-order valence-electron chi connectivity index (χ1n) is 3.23. The second-order valence-electron chi connectivity index (χ2n) is 2.10. The summed E-state index contributed by atoms with van der Waals surface area (Å²) in [5.74, 6) is 5.89. The molecular weight excluding hydrogens is 222 g/mol. The first-order chi connectivity index (χ1) is 5.24. The lowest BCUT2D eigenvalue weighted by Gasteiger charge is -1.77. The second kappa shape index (κ2) is 3.89. The minimum Gasteiger partial charge on any atom is -0.233 e. The number of alkyl halides is 1. The zero-order chi connectivity index (χ0) is 8.27. The van der Waals surface area contributed by atoms with Crippen LogP contribution in [-0.2, 0) is 0 Å². The molecule has 3 heteroatoms. The van der Waals surface area contributed by atoms with Crippen molar-refractivity contribution in [1.29, 1.82) is 0 Å². The minimum atomic E-state index is 0.713. The third kappa shape index (κ3) is 2.32. The molecule has 0 aliphatic rings. The van der Waals surface area contributed by atoms with Gasteiger partial charge in [-0.05, 0) is 19.8 Å². The SMILES string of the molecule is Cc1nc(C#CCBr)sc1C. The lowest BCUT2D eigenvalue weighted by molar-refractivity contribution is 1.22. The van der Waals surface area contributed by atoms with Crippen LogP contribution in [0, 0.1) is 25.7 Å². The zero-order valence-corrected chi connectivity index (χ0v) is 8.84. The maximum absolute atomic E-state index is 4.27. The average molecular weight is 230 g/mol. The number of thiazole rings is 1. The molecule has 0 atom stereocenters. The fourth-order valence-corrected chi connectivity index (χ4v) is 1.56. The van der Waals surface area contributed by atoms with E-state index < -0.39 is 0 Å². The molecule has 1 aromatic heterocycles. The fourth-order valence-electron chi connectivity index (χ4n) is 0.635. The summed E-state index contributed by atoms with van der Waals surface area (Å²) in [4.78, 5) is 5.53. The Morgan fingerprint density at radius 1 is 1.55 bits per heavy atom. The monoisotopic (exact) mass is 229 g/mol. The highest BCUT2D eigenvalue weighted by atomic mass is 79.9. The van der Waals surface area contributed by atoms with Crippen molar-refractivity contribution in [2.24, 2.45) is 0 Å². The maximum atomic E-state index is 4.27. The molecular formula is C8H8BrNS. The smallest absolute Gasteiger partial charge is 0.167 e. The Labute approximate surface area is 79.0 Å². The third-order valence-corrected chi connectivity index (χ3v) is 2.56. The van der Waals surface area contributed by atoms with Crippen LogP contribution in [0.2, 0.25) is 0 Å². The van der Waals surface area contributed by atoms with Crippen LogP contribution < -0.4 is 0 Å². The van der Waals surface area contributed by atoms with Crippen molar-refractivity contribution in [3.63, 3.8) is 0 Å². The van der Waals surface area contributed by atoms with E-state index in [-0.39, 0.29) is 0 Å². The number of nitrogens with zero attached hydrogens (tertiary/aromatic N) is 1. The summed E-state index contributed by atoms with van der Waals surface area (Å²) in [7, 11) is 0. The molecule has 0 saturated heterocycles. The number of aromatic nitrogens is 1. The van der Waals surface area contributed by atoms with Crippen molar-refractivity contribution in [1.82, 2.24) is 4.98 Å². The summed E-state index contributed by atoms with van der Waals surface area (Å²) in [6.45, 7) is 4.07. The van der Waals surface area contributed by atoms with Gasteiger partial charge in [0.15, 0.2) is 5.01 Å². The van der Waals surface area contributed by atoms with Crippen LogP contribution in [-0.4, -0.2) is 10.3 Å². The molecule has 0 amide bonds. The van der Waals surface area contributed by atoms with Crippen LogP contribution in [0.25, 0.3) is 0 Å². The molecule has 0 unspecified atom stereocenters. The molecule has 0 N–H and O–H groups in total. The molecule has 0 spiro atoms. The van der Waals surface area contributed by atoms with Gasteiger partial charge in [0, 0.05) is 4.88 Å². The summed E-state index contributed by atoms with van der Waals surface area (Å²) in [6.07, 6.45) is 0. The first-order valence-corrected chi connectivity index (χ1v) is 5.16. The summed E-state index contributed by atoms with van der Waals surface area (Å²) in [5, 5.41) is 1.63. The van der Waals surface area contributed by atoms with Crippen molar-refractivity contribution in [3.8, 4) is 11.8 Å². The van der Waals surface area contributed by atoms with Crippen molar-refractivity contribution in [3.05, 3.63) is 15.6 Å². The lowest BCUT2D eigenvalue weighted by Crippen LogP contribution is -1.73. The first kappa shape index (κ1) is 8.76. The maximum Gasteiger partial charge on any atom is 0.167 e. The normalized spacial score (nSPS) is 9.00. The highest BCUT2D eigenvalue weighted by Crippen LogP contribution is 2.14. The fraction of sp³-hybridized carbons (Fsp3) is 0.375. The van der Waals surface area contributed by atoms with Crippen molar-refractivity contribution < 1.29 is 0 Å². The van der Waals surface area contributed by atoms with E-state index in [9.17, 15) is 0 Å². The lowest BCUT2D eigenvalue weighted by atomic mass is 10.4. The van der Waals surface area contributed by atoms with E-state index >= 15 is 0 Å². The molecule has 11 heavy (non-hydrogen) atoms. The van der Waals surface area contributed by atoms with Gasteiger partial charge < -0.3 is 0 Å². The van der Waals surface area contributed by atoms with Gasteiger partial charge in [-0.25, -0.2) is 4.98 Å². The van der Waals surface area contributed by atoms with E-state index in [1.54, 1.807) is 11.3 Å². The Hall–Kier alpha value is -0.330. The molecule has 0 saturated carbocycles. The number of hydrogen-bond donors (Lipinski definition) is 0. The molecule has 1 heterocycles. The van der Waals surface area contributed by atoms with Crippen LogP contribution in [0.5, 0.6) is 0 Å². The molecule has 1 aromatic rings. The molecule has 0 aliphatic carbocycles. The van der Waals surface area contributed by atoms with Crippen LogP contribution in [0.3, 0.4) is 0 Å². The number of halogens is 1. The van der Waals surface area contributed by atoms with Gasteiger partial charge in [-0.15, -0.1) is 11.3 Å². The van der Waals surface area contributed by atoms with Crippen LogP contribution in [0.1, 0.15) is 15.6 Å². The van der Waals surface area contributed by atoms with Gasteiger partial charge in [0.1, 0.15) is 0 Å². The molecule has 58 valence electrons. The van der Waals surface area contributed by atoms with E-state index in [1.165, 1.54) is 4.88 Å². The molecule has 0 radical (unpaired) electrons. The number of hydrogen-bond acceptors (Lipinski definition) is 2. The molecule has 0 aliphatic heterocycles. The Balaban J connectivity index is 2.89. The van der Waals surface area contributed by atoms with Crippen LogP contribution >= 0.6 is 27.3 Å². The van der Waals surface area contributed by atoms with E-state index in [0.29, 0.717) is 5.33 Å². The van der Waals surface area contributed by atoms with Gasteiger partial charge in [0.25, 0.3) is 0 Å². The van der Waals surface area contributed by atoms with E-state index in [4.69, 9.17) is 0 Å². The standard InChI is InChI=1S/C8H8BrNS/c1-6-7(2)11-8(10-6)4-3-5-9/h5H2,1-2H3. The van der Waals surface area contributed by atoms with Gasteiger partial charge in [-0.1, -0.05) is 21.9 Å². The summed E-state index contributed by atoms with van der Waals surface area (Å²) < 4.78 is 0. The van der Waals surface area contributed by atoms with Gasteiger partial charge in [-0.2, -0.15) is 0 Å². The summed E-state index contributed by atoms with van der Waals surface area (Å²) in [5.41, 5.74) is 1.09. The van der Waals surface area contributed by atoms with Gasteiger partial charge in [0.05, 0.1) is 11.0 Å².